The van der Waals surface area contributed by atoms with Crippen LogP contribution in [-0.4, -0.2) is 79.2 Å². The number of ketones is 1. The van der Waals surface area contributed by atoms with E-state index in [-0.39, 0.29) is 34.7 Å². The summed E-state index contributed by atoms with van der Waals surface area (Å²) in [5, 5.41) is 60.2. The predicted octanol–water partition coefficient (Wildman–Crippen LogP) is 4.60. The molecular formula is C45H67O18S3-3. The molecule has 0 aromatic heterocycles. The Bertz CT molecular complexity index is 1730. The summed E-state index contributed by atoms with van der Waals surface area (Å²) in [6.07, 6.45) is 16.4. The van der Waals surface area contributed by atoms with Gasteiger partial charge in [0.15, 0.2) is 0 Å². The zero-order valence-electron chi connectivity index (χ0n) is 38.8. The van der Waals surface area contributed by atoms with Crippen LogP contribution in [0, 0.1) is 57.7 Å². The van der Waals surface area contributed by atoms with Crippen LogP contribution in [0.3, 0.4) is 0 Å². The van der Waals surface area contributed by atoms with Crippen molar-refractivity contribution in [2.45, 2.75) is 176 Å². The average molecular weight is 992 g/mol. The third kappa shape index (κ3) is 11.7. The first-order valence-corrected chi connectivity index (χ1v) is 25.5. The molecule has 0 aliphatic heterocycles. The number of Topliss-reactive ketones (excluding diaryl/α,β-unsaturated/α-hetero) is 1. The first kappa shape index (κ1) is 52.5. The van der Waals surface area contributed by atoms with Crippen LogP contribution in [0.25, 0.3) is 0 Å². The van der Waals surface area contributed by atoms with E-state index in [9.17, 15) is 45.2 Å². The molecule has 6 unspecified atom stereocenters. The van der Waals surface area contributed by atoms with Crippen molar-refractivity contribution in [2.24, 2.45) is 57.7 Å². The molecular weight excluding hydrogens is 925 g/mol. The Labute approximate surface area is 399 Å². The minimum absolute atomic E-state index is 0.0130. The van der Waals surface area contributed by atoms with Gasteiger partial charge in [-0.05, 0) is 186 Å². The van der Waals surface area contributed by atoms with E-state index < -0.39 is 43.4 Å². The molecule has 6 atom stereocenters. The van der Waals surface area contributed by atoms with Gasteiger partial charge in [-0.2, -0.15) is 13.0 Å². The molecule has 0 radical (unpaired) electrons. The van der Waals surface area contributed by atoms with Gasteiger partial charge in [-0.3, -0.25) is 34.3 Å². The fourth-order valence-electron chi connectivity index (χ4n) is 14.9. The normalized spacial score (nSPS) is 38.9. The average Bonchev–Trinajstić information content (AvgIpc) is 3.23. The summed E-state index contributed by atoms with van der Waals surface area (Å²) >= 11 is 1.94. The Kier molecular flexibility index (Phi) is 16.0. The highest BCUT2D eigenvalue weighted by Crippen LogP contribution is 2.65. The molecule has 376 valence electrons. The van der Waals surface area contributed by atoms with E-state index >= 15 is 0 Å². The highest BCUT2D eigenvalue weighted by Gasteiger charge is 2.60. The van der Waals surface area contributed by atoms with E-state index in [1.54, 1.807) is 41.5 Å². The number of rotatable bonds is 18. The Hall–Kier alpha value is -1.31. The standard InChI is InChI=1S/C16H26O6S.C15H24O6S.C14H20O6S/c1-14(2,23-22-21-19)13(18)20-10-16-6-11-3-12(7-16)5-15(4-11,8-16)9-17;1-13(2,22-21-20-18)12(16)19-9-14-4-10-3-11(5-14)7-15(17,6-10)8-14;1-13(2,21-20-19-17)12(16)18-14-5-8-3-9(6-14)11(15)10(4-8)7-14/h11-12,17,19H,3-10H2,1-2H3;10-11,17-18H,3-9H2,1-2H3;8-10,17H,3-7H2,1-2H3/p-3. The molecule has 18 nitrogen and oxygen atoms in total. The largest absolute Gasteiger partial charge is 0.691 e. The predicted molar refractivity (Wildman–Crippen MR) is 230 cm³/mol. The lowest BCUT2D eigenvalue weighted by Gasteiger charge is -2.61. The van der Waals surface area contributed by atoms with Gasteiger partial charge in [-0.1, -0.05) is 0 Å². The van der Waals surface area contributed by atoms with Crippen LogP contribution in [-0.2, 0) is 61.5 Å². The van der Waals surface area contributed by atoms with Crippen molar-refractivity contribution in [3.8, 4) is 0 Å². The van der Waals surface area contributed by atoms with Gasteiger partial charge >= 0.3 is 17.9 Å². The Balaban J connectivity index is 0.000000147. The zero-order chi connectivity index (χ0) is 48.0. The molecule has 12 rings (SSSR count). The van der Waals surface area contributed by atoms with Crippen LogP contribution in [0.4, 0.5) is 0 Å². The summed E-state index contributed by atoms with van der Waals surface area (Å²) in [7, 11) is 0. The lowest BCUT2D eigenvalue weighted by Crippen LogP contribution is -2.57. The molecule has 0 spiro atoms. The van der Waals surface area contributed by atoms with Crippen LogP contribution in [0.2, 0.25) is 0 Å². The second-order valence-corrected chi connectivity index (χ2v) is 27.4. The Morgan fingerprint density at radius 1 is 0.561 bits per heavy atom. The maximum atomic E-state index is 12.4. The summed E-state index contributed by atoms with van der Waals surface area (Å²) in [4.78, 5) is 49.0. The van der Waals surface area contributed by atoms with Crippen LogP contribution >= 0.6 is 36.1 Å². The van der Waals surface area contributed by atoms with Crippen LogP contribution < -0.4 is 15.8 Å². The smallest absolute Gasteiger partial charge is 0.324 e. The lowest BCUT2D eigenvalue weighted by atomic mass is 9.44. The van der Waals surface area contributed by atoms with E-state index in [4.69, 9.17) is 14.2 Å². The van der Waals surface area contributed by atoms with E-state index in [0.29, 0.717) is 97.6 Å². The Morgan fingerprint density at radius 3 is 1.36 bits per heavy atom. The number of esters is 3. The minimum atomic E-state index is -1.03. The van der Waals surface area contributed by atoms with Crippen molar-refractivity contribution in [2.75, 3.05) is 19.8 Å². The molecule has 0 saturated heterocycles. The third-order valence-corrected chi connectivity index (χ3v) is 18.5. The second-order valence-electron chi connectivity index (χ2n) is 23.5. The topological polar surface area (TPSA) is 261 Å². The van der Waals surface area contributed by atoms with Crippen molar-refractivity contribution >= 4 is 59.8 Å². The fourth-order valence-corrected chi connectivity index (χ4v) is 15.8. The molecule has 12 bridgehead atoms. The summed E-state index contributed by atoms with van der Waals surface area (Å²) in [6, 6.07) is 0. The lowest BCUT2D eigenvalue weighted by molar-refractivity contribution is -0.777. The molecule has 0 aromatic carbocycles. The third-order valence-electron chi connectivity index (χ3n) is 16.3. The van der Waals surface area contributed by atoms with Gasteiger partial charge in [0.05, 0.1) is 18.8 Å². The van der Waals surface area contributed by atoms with Gasteiger partial charge in [0.1, 0.15) is 25.6 Å². The van der Waals surface area contributed by atoms with Crippen molar-refractivity contribution in [1.82, 2.24) is 0 Å². The molecule has 0 amide bonds. The van der Waals surface area contributed by atoms with Crippen molar-refractivity contribution in [3.63, 3.8) is 0 Å². The van der Waals surface area contributed by atoms with E-state index in [1.807, 2.05) is 0 Å². The van der Waals surface area contributed by atoms with Crippen molar-refractivity contribution in [3.05, 3.63) is 0 Å². The quantitative estimate of drug-likeness (QED) is 0.0625. The maximum absolute atomic E-state index is 12.4. The fraction of sp³-hybridized carbons (Fsp3) is 0.911. The molecule has 0 aromatic rings. The molecule has 12 aliphatic carbocycles. The van der Waals surface area contributed by atoms with Gasteiger partial charge in [-0.25, -0.2) is 0 Å². The zero-order valence-corrected chi connectivity index (χ0v) is 41.3. The number of carbonyl (C=O) groups excluding carboxylic acids is 4. The molecule has 12 saturated carbocycles. The summed E-state index contributed by atoms with van der Waals surface area (Å²) in [5.74, 6) is 2.11. The van der Waals surface area contributed by atoms with Gasteiger partial charge in [0.2, 0.25) is 0 Å². The number of hydrogen-bond donors (Lipinski definition) is 2. The molecule has 0 heterocycles. The number of carbonyl (C=O) groups is 4. The van der Waals surface area contributed by atoms with Gasteiger partial charge in [0, 0.05) is 65.4 Å². The number of ether oxygens (including phenoxy) is 3. The molecule has 2 N–H and O–H groups in total. The number of aliphatic hydroxyl groups is 2. The van der Waals surface area contributed by atoms with E-state index in [0.717, 1.165) is 83.5 Å². The Morgan fingerprint density at radius 2 is 0.955 bits per heavy atom. The number of aliphatic hydroxyl groups excluding tert-OH is 1. The summed E-state index contributed by atoms with van der Waals surface area (Å²) in [5.41, 5.74) is -1.08. The molecule has 66 heavy (non-hydrogen) atoms. The van der Waals surface area contributed by atoms with Crippen molar-refractivity contribution in [1.29, 1.82) is 0 Å². The summed E-state index contributed by atoms with van der Waals surface area (Å²) in [6.45, 7) is 10.7. The van der Waals surface area contributed by atoms with Gasteiger partial charge in [0.25, 0.3) is 0 Å². The monoisotopic (exact) mass is 991 g/mol. The van der Waals surface area contributed by atoms with Crippen LogP contribution in [0.1, 0.15) is 151 Å². The van der Waals surface area contributed by atoms with Gasteiger partial charge in [-0.15, -0.1) is 0 Å². The van der Waals surface area contributed by atoms with Crippen molar-refractivity contribution < 1.29 is 87.5 Å². The first-order chi connectivity index (χ1) is 30.9. The molecule has 12 aliphatic rings. The summed E-state index contributed by atoms with van der Waals surface area (Å²) < 4.78 is 26.7. The van der Waals surface area contributed by atoms with E-state index in [2.05, 4.69) is 28.1 Å². The van der Waals surface area contributed by atoms with Crippen LogP contribution in [0.15, 0.2) is 0 Å². The highest BCUT2D eigenvalue weighted by atomic mass is 32.2. The first-order valence-electron chi connectivity index (χ1n) is 23.3. The van der Waals surface area contributed by atoms with Gasteiger partial charge < -0.3 is 40.2 Å². The SMILES string of the molecule is CC(C)(SOO[O-])C(=O)OC12CC3CC(C1)C(=O)C(C3)C2.CC(C)(SOO[O-])C(=O)OCC12CC3CC(CC(CO)(C3)C1)C2.CC(C)(SOO[O-])C(=O)OCC12CC3CC(CC(O)(C3)C1)C2. The molecule has 12 fully saturated rings. The van der Waals surface area contributed by atoms with E-state index in [1.165, 1.54) is 12.8 Å². The second kappa shape index (κ2) is 20.1. The number of hydrogen-bond acceptors (Lipinski definition) is 21. The maximum Gasteiger partial charge on any atom is 0.324 e. The minimum Gasteiger partial charge on any atom is -0.691 e. The highest BCUT2D eigenvalue weighted by molar-refractivity contribution is 7.97. The van der Waals surface area contributed by atoms with Crippen LogP contribution in [0.5, 0.6) is 0 Å². The molecule has 21 heteroatoms.